The van der Waals surface area contributed by atoms with Gasteiger partial charge in [0.15, 0.2) is 34.5 Å². The Hall–Kier alpha value is -10.1. The van der Waals surface area contributed by atoms with Gasteiger partial charge in [0.2, 0.25) is 23.4 Å². The van der Waals surface area contributed by atoms with Crippen LogP contribution in [0.15, 0.2) is 171 Å². The topological polar surface area (TPSA) is 216 Å². The first-order valence-corrected chi connectivity index (χ1v) is 30.3. The number of likely N-dealkylation sites (N-methyl/N-ethyl adjacent to an activating group) is 1. The Bertz CT molecular complexity index is 4190. The van der Waals surface area contributed by atoms with E-state index in [4.69, 9.17) is 42.0 Å². The van der Waals surface area contributed by atoms with Gasteiger partial charge in [-0.3, -0.25) is 9.69 Å². The minimum Gasteiger partial charge on any atom is -0.490 e. The fraction of sp³-hybridized carbons (Fsp3) is 0.282. The van der Waals surface area contributed by atoms with Crippen LogP contribution in [-0.4, -0.2) is 124 Å². The minimum atomic E-state index is -0.497. The van der Waals surface area contributed by atoms with E-state index in [2.05, 4.69) is 79.0 Å². The summed E-state index contributed by atoms with van der Waals surface area (Å²) in [6, 6.07) is 51.1. The van der Waals surface area contributed by atoms with Crippen LogP contribution in [0.2, 0.25) is 0 Å². The Kier molecular flexibility index (Phi) is 20.8. The average molecular weight is 1220 g/mol. The number of hydrogen-bond acceptors (Lipinski definition) is 18. The molecule has 19 nitrogen and oxygen atoms in total. The number of likely N-dealkylation sites (tertiary alicyclic amines) is 1. The largest absolute Gasteiger partial charge is 0.490 e. The number of hydrogen-bond donors (Lipinski definition) is 1. The molecule has 1 aliphatic heterocycles. The molecule has 0 bridgehead atoms. The molecule has 1 aliphatic rings. The maximum atomic E-state index is 12.6. The first kappa shape index (κ1) is 62.9. The number of aliphatic hydroxyl groups excluding tert-OH is 1. The summed E-state index contributed by atoms with van der Waals surface area (Å²) >= 11 is 0. The maximum absolute atomic E-state index is 12.6. The van der Waals surface area contributed by atoms with Crippen molar-refractivity contribution < 1.29 is 51.9 Å². The van der Waals surface area contributed by atoms with Crippen molar-refractivity contribution in [2.24, 2.45) is 0 Å². The summed E-state index contributed by atoms with van der Waals surface area (Å²) in [4.78, 5) is 30.0. The van der Waals surface area contributed by atoms with Gasteiger partial charge in [0.25, 0.3) is 17.7 Å². The van der Waals surface area contributed by atoms with E-state index in [9.17, 15) is 9.90 Å². The Morgan fingerprint density at radius 3 is 1.47 bits per heavy atom. The van der Waals surface area contributed by atoms with Crippen molar-refractivity contribution in [1.29, 1.82) is 0 Å². The zero-order valence-corrected chi connectivity index (χ0v) is 52.1. The summed E-state index contributed by atoms with van der Waals surface area (Å²) < 4.78 is 50.5. The Morgan fingerprint density at radius 2 is 0.944 bits per heavy atom. The number of aryl methyl sites for hydroxylation is 1. The molecule has 0 unspecified atom stereocenters. The molecule has 1 amide bonds. The van der Waals surface area contributed by atoms with Gasteiger partial charge in [0, 0.05) is 60.6 Å². The third kappa shape index (κ3) is 14.9. The Labute approximate surface area is 523 Å². The summed E-state index contributed by atoms with van der Waals surface area (Å²) in [6.07, 6.45) is -0.0427. The van der Waals surface area contributed by atoms with E-state index in [0.29, 0.717) is 129 Å². The monoisotopic (exact) mass is 1210 g/mol. The van der Waals surface area contributed by atoms with Crippen LogP contribution in [0.1, 0.15) is 59.1 Å². The lowest BCUT2D eigenvalue weighted by Crippen LogP contribution is -2.42. The van der Waals surface area contributed by atoms with Crippen LogP contribution in [0.5, 0.6) is 34.5 Å². The van der Waals surface area contributed by atoms with Crippen molar-refractivity contribution in [2.75, 3.05) is 60.3 Å². The highest BCUT2D eigenvalue weighted by Gasteiger charge is 2.37. The maximum Gasteiger partial charge on any atom is 0.258 e. The van der Waals surface area contributed by atoms with Gasteiger partial charge in [-0.25, -0.2) is 0 Å². The highest BCUT2D eigenvalue weighted by Crippen LogP contribution is 2.38. The summed E-state index contributed by atoms with van der Waals surface area (Å²) in [5.74, 6) is 6.98. The van der Waals surface area contributed by atoms with Gasteiger partial charge >= 0.3 is 0 Å². The second kappa shape index (κ2) is 29.7. The lowest BCUT2D eigenvalue weighted by molar-refractivity contribution is -0.133. The number of nitrogens with zero attached hydrogens (tertiary/aromatic N) is 8. The number of carbonyl (C=O) groups is 1. The van der Waals surface area contributed by atoms with Crippen molar-refractivity contribution in [3.63, 3.8) is 0 Å². The molecular weight excluding hydrogens is 1140 g/mol. The molecule has 12 rings (SSSR count). The van der Waals surface area contributed by atoms with Crippen LogP contribution in [0.3, 0.4) is 0 Å². The van der Waals surface area contributed by atoms with Crippen LogP contribution in [0, 0.1) is 6.92 Å². The van der Waals surface area contributed by atoms with Crippen LogP contribution in [0.25, 0.3) is 90.1 Å². The molecule has 8 aromatic carbocycles. The summed E-state index contributed by atoms with van der Waals surface area (Å²) in [7, 11) is 3.49. The molecule has 90 heavy (non-hydrogen) atoms. The molecule has 1 saturated heterocycles. The predicted octanol–water partition coefficient (Wildman–Crippen LogP) is 14.2. The Balaban J connectivity index is 0.000000151. The predicted molar refractivity (Wildman–Crippen MR) is 346 cm³/mol. The molecule has 0 aliphatic carbocycles. The van der Waals surface area contributed by atoms with Gasteiger partial charge in [-0.15, -0.1) is 0 Å². The number of β-amino-alcohol motifs (C(OH)–C–C–N with tert-alkyl or cyclic N) is 1. The molecule has 11 aromatic rings. The standard InChI is InChI=1S/C27H34N4O5.2C22H20N2O3/c1-6-34-23-11-9-19(13-24(23)35-7-2)26-28-25(29-36-26)21-10-8-18(12-17(21)3)15-31-16-20(32)14-22(31)27(33)30(4)5;1-3-25-19-13-12-16(14-20(19)26-4-2)22-23-21(24-27-22)18-11-7-9-15-8-5-6-10-17(15)18;1-3-25-19-12-11-18(14-20(19)26-4-2)22-23-21(24-27-22)17-10-9-15-7-5-6-8-16(15)13-17/h8-13,20,22,32H,6-7,14-16H2,1-5H3;2*5-14H,3-4H2,1-2H3/t20-,22+;;/m1../s1. The molecule has 464 valence electrons. The van der Waals surface area contributed by atoms with Crippen molar-refractivity contribution in [3.8, 4) is 103 Å². The first-order chi connectivity index (χ1) is 43.9. The van der Waals surface area contributed by atoms with Crippen LogP contribution in [0.4, 0.5) is 0 Å². The quantitative estimate of drug-likeness (QED) is 0.0707. The van der Waals surface area contributed by atoms with E-state index in [1.807, 2.05) is 163 Å². The SMILES string of the molecule is CCOc1ccc(-c2nc(-c3ccc(CN4C[C@H](O)C[C@H]4C(=O)N(C)C)cc3C)no2)cc1OCC.CCOc1ccc(-c2nc(-c3ccc4ccccc4c3)no2)cc1OCC.CCOc1ccc(-c2nc(-c3cccc4ccccc34)no2)cc1OCC. The van der Waals surface area contributed by atoms with Crippen molar-refractivity contribution in [3.05, 3.63) is 169 Å². The number of aromatic nitrogens is 6. The van der Waals surface area contributed by atoms with E-state index in [1.165, 1.54) is 5.39 Å². The van der Waals surface area contributed by atoms with Gasteiger partial charge in [0.05, 0.1) is 51.8 Å². The molecule has 19 heteroatoms. The van der Waals surface area contributed by atoms with Gasteiger partial charge in [-0.05, 0) is 148 Å². The van der Waals surface area contributed by atoms with E-state index in [1.54, 1.807) is 19.0 Å². The van der Waals surface area contributed by atoms with Crippen LogP contribution >= 0.6 is 0 Å². The van der Waals surface area contributed by atoms with Crippen molar-refractivity contribution in [2.45, 2.75) is 73.6 Å². The molecule has 0 spiro atoms. The number of carbonyl (C=O) groups excluding carboxylic acids is 1. The summed E-state index contributed by atoms with van der Waals surface area (Å²) in [5.41, 5.74) is 7.11. The fourth-order valence-electron chi connectivity index (χ4n) is 10.6. The number of amides is 1. The molecule has 0 radical (unpaired) electrons. The van der Waals surface area contributed by atoms with E-state index < -0.39 is 6.10 Å². The molecule has 1 fully saturated rings. The number of ether oxygens (including phenoxy) is 6. The third-order valence-corrected chi connectivity index (χ3v) is 14.7. The van der Waals surface area contributed by atoms with Crippen LogP contribution < -0.4 is 28.4 Å². The minimum absolute atomic E-state index is 0.0148. The van der Waals surface area contributed by atoms with E-state index in [-0.39, 0.29) is 11.9 Å². The second-order valence-electron chi connectivity index (χ2n) is 21.2. The summed E-state index contributed by atoms with van der Waals surface area (Å²) in [5, 5.41) is 27.2. The lowest BCUT2D eigenvalue weighted by Gasteiger charge is -2.26. The van der Waals surface area contributed by atoms with E-state index in [0.717, 1.165) is 60.7 Å². The molecular formula is C71H74N8O11. The van der Waals surface area contributed by atoms with Gasteiger partial charge in [0.1, 0.15) is 0 Å². The Morgan fingerprint density at radius 1 is 0.489 bits per heavy atom. The third-order valence-electron chi connectivity index (χ3n) is 14.7. The average Bonchev–Trinajstić information content (AvgIpc) is 2.57. The zero-order chi connectivity index (χ0) is 63.1. The van der Waals surface area contributed by atoms with E-state index >= 15 is 0 Å². The van der Waals surface area contributed by atoms with Crippen LogP contribution in [-0.2, 0) is 11.3 Å². The molecule has 0 saturated carbocycles. The zero-order valence-electron chi connectivity index (χ0n) is 52.1. The number of benzene rings is 8. The highest BCUT2D eigenvalue weighted by atomic mass is 16.5. The fourth-order valence-corrected chi connectivity index (χ4v) is 10.6. The number of aliphatic hydroxyl groups is 1. The molecule has 4 heterocycles. The first-order valence-electron chi connectivity index (χ1n) is 30.3. The van der Waals surface area contributed by atoms with Gasteiger partial charge < -0.3 is 52.0 Å². The lowest BCUT2D eigenvalue weighted by atomic mass is 10.0. The van der Waals surface area contributed by atoms with Crippen molar-refractivity contribution >= 4 is 27.5 Å². The number of rotatable bonds is 21. The van der Waals surface area contributed by atoms with Crippen molar-refractivity contribution in [1.82, 2.24) is 40.2 Å². The molecule has 3 aromatic heterocycles. The number of fused-ring (bicyclic) bond motifs is 2. The van der Waals surface area contributed by atoms with Gasteiger partial charge in [-0.1, -0.05) is 113 Å². The second-order valence-corrected chi connectivity index (χ2v) is 21.2. The molecule has 1 N–H and O–H groups in total. The summed E-state index contributed by atoms with van der Waals surface area (Å²) in [6.45, 7) is 18.0. The smallest absolute Gasteiger partial charge is 0.258 e. The molecule has 2 atom stereocenters. The highest BCUT2D eigenvalue weighted by molar-refractivity contribution is 5.95. The normalized spacial score (nSPS) is 13.7. The van der Waals surface area contributed by atoms with Gasteiger partial charge in [-0.2, -0.15) is 15.0 Å².